The number of aromatic amines is 1. The van der Waals surface area contributed by atoms with Crippen LogP contribution in [0, 0.1) is 0 Å². The van der Waals surface area contributed by atoms with E-state index in [1.54, 1.807) is 0 Å². The molecule has 0 spiro atoms. The Balaban J connectivity index is 1.84. The number of hydrogen-bond donors (Lipinski definition) is 2. The van der Waals surface area contributed by atoms with Crippen molar-refractivity contribution < 1.29 is 4.79 Å². The van der Waals surface area contributed by atoms with E-state index in [1.165, 1.54) is 0 Å². The minimum Gasteiger partial charge on any atom is -0.378 e. The van der Waals surface area contributed by atoms with Gasteiger partial charge < -0.3 is 15.2 Å². The Labute approximate surface area is 123 Å². The molecule has 4 nitrogen and oxygen atoms in total. The Hall–Kier alpha value is -2.75. The van der Waals surface area contributed by atoms with Gasteiger partial charge in [-0.3, -0.25) is 4.79 Å². The van der Waals surface area contributed by atoms with Crippen LogP contribution in [-0.4, -0.2) is 25.0 Å². The number of aromatic nitrogens is 1. The number of fused-ring (bicyclic) bond motifs is 1. The van der Waals surface area contributed by atoms with Crippen molar-refractivity contribution in [3.05, 3.63) is 60.3 Å². The van der Waals surface area contributed by atoms with Gasteiger partial charge in [0.2, 0.25) is 0 Å². The molecule has 1 heterocycles. The number of nitrogens with zero attached hydrogens (tertiary/aromatic N) is 1. The van der Waals surface area contributed by atoms with Crippen LogP contribution in [0.25, 0.3) is 10.9 Å². The fourth-order valence-electron chi connectivity index (χ4n) is 2.32. The highest BCUT2D eigenvalue weighted by molar-refractivity contribution is 6.12. The van der Waals surface area contributed by atoms with Crippen molar-refractivity contribution in [2.75, 3.05) is 24.3 Å². The molecule has 0 aliphatic rings. The standard InChI is InChI=1S/C17H17N3O/c1-20(2)14-8-6-13(7-9-14)19-17(21)15-5-3-4-12-10-11-18-16(12)15/h3-11,18H,1-2H3,(H,19,21). The number of amides is 1. The van der Waals surface area contributed by atoms with E-state index in [0.29, 0.717) is 5.56 Å². The molecular weight excluding hydrogens is 262 g/mol. The molecule has 1 amide bonds. The van der Waals surface area contributed by atoms with Crippen LogP contribution >= 0.6 is 0 Å². The van der Waals surface area contributed by atoms with Gasteiger partial charge >= 0.3 is 0 Å². The fourth-order valence-corrected chi connectivity index (χ4v) is 2.32. The van der Waals surface area contributed by atoms with E-state index in [-0.39, 0.29) is 5.91 Å². The van der Waals surface area contributed by atoms with Crippen LogP contribution in [0.15, 0.2) is 54.7 Å². The van der Waals surface area contributed by atoms with Crippen LogP contribution in [-0.2, 0) is 0 Å². The minimum absolute atomic E-state index is 0.111. The van der Waals surface area contributed by atoms with Gasteiger partial charge in [-0.1, -0.05) is 12.1 Å². The van der Waals surface area contributed by atoms with Gasteiger partial charge in [0.15, 0.2) is 0 Å². The Bertz CT molecular complexity index is 772. The molecule has 1 aromatic heterocycles. The molecular formula is C17H17N3O. The summed E-state index contributed by atoms with van der Waals surface area (Å²) in [4.78, 5) is 17.5. The maximum absolute atomic E-state index is 12.4. The first-order valence-electron chi connectivity index (χ1n) is 6.80. The van der Waals surface area contributed by atoms with E-state index >= 15 is 0 Å². The number of anilines is 2. The highest BCUT2D eigenvalue weighted by Gasteiger charge is 2.10. The zero-order valence-electron chi connectivity index (χ0n) is 12.1. The fraction of sp³-hybridized carbons (Fsp3) is 0.118. The summed E-state index contributed by atoms with van der Waals surface area (Å²) < 4.78 is 0. The SMILES string of the molecule is CN(C)c1ccc(NC(=O)c2cccc3cc[nH]c23)cc1. The van der Waals surface area contributed by atoms with E-state index in [2.05, 4.69) is 10.3 Å². The van der Waals surface area contributed by atoms with Crippen molar-refractivity contribution in [1.82, 2.24) is 4.98 Å². The zero-order chi connectivity index (χ0) is 14.8. The summed E-state index contributed by atoms with van der Waals surface area (Å²) in [6.45, 7) is 0. The van der Waals surface area contributed by atoms with Crippen LogP contribution in [0.5, 0.6) is 0 Å². The molecule has 3 rings (SSSR count). The molecule has 106 valence electrons. The molecule has 2 aromatic carbocycles. The van der Waals surface area contributed by atoms with Crippen molar-refractivity contribution >= 4 is 28.2 Å². The molecule has 0 radical (unpaired) electrons. The topological polar surface area (TPSA) is 48.1 Å². The van der Waals surface area contributed by atoms with Crippen molar-refractivity contribution in [3.63, 3.8) is 0 Å². The molecule has 0 aliphatic carbocycles. The second kappa shape index (κ2) is 5.32. The molecule has 2 N–H and O–H groups in total. The number of rotatable bonds is 3. The maximum atomic E-state index is 12.4. The molecule has 0 bridgehead atoms. The van der Waals surface area contributed by atoms with Gasteiger partial charge in [0.1, 0.15) is 0 Å². The van der Waals surface area contributed by atoms with Gasteiger partial charge in [-0.05, 0) is 36.4 Å². The van der Waals surface area contributed by atoms with E-state index < -0.39 is 0 Å². The number of H-pyrrole nitrogens is 1. The number of carbonyl (C=O) groups is 1. The third kappa shape index (κ3) is 2.60. The summed E-state index contributed by atoms with van der Waals surface area (Å²) >= 11 is 0. The summed E-state index contributed by atoms with van der Waals surface area (Å²) in [6, 6.07) is 15.4. The van der Waals surface area contributed by atoms with Crippen molar-refractivity contribution in [2.24, 2.45) is 0 Å². The molecule has 21 heavy (non-hydrogen) atoms. The molecule has 3 aromatic rings. The van der Waals surface area contributed by atoms with Crippen LogP contribution in [0.1, 0.15) is 10.4 Å². The molecule has 0 unspecified atom stereocenters. The highest BCUT2D eigenvalue weighted by atomic mass is 16.1. The van der Waals surface area contributed by atoms with Crippen molar-refractivity contribution in [2.45, 2.75) is 0 Å². The third-order valence-corrected chi connectivity index (χ3v) is 3.47. The monoisotopic (exact) mass is 279 g/mol. The Kier molecular flexibility index (Phi) is 3.36. The van der Waals surface area contributed by atoms with E-state index in [9.17, 15) is 4.79 Å². The Morgan fingerprint density at radius 1 is 1.05 bits per heavy atom. The largest absolute Gasteiger partial charge is 0.378 e. The number of benzene rings is 2. The van der Waals surface area contributed by atoms with Crippen molar-refractivity contribution in [1.29, 1.82) is 0 Å². The number of hydrogen-bond acceptors (Lipinski definition) is 2. The van der Waals surface area contributed by atoms with Crippen LogP contribution in [0.3, 0.4) is 0 Å². The first-order valence-corrected chi connectivity index (χ1v) is 6.80. The second-order valence-electron chi connectivity index (χ2n) is 5.14. The molecule has 0 saturated heterocycles. The van der Waals surface area contributed by atoms with Gasteiger partial charge in [0, 0.05) is 37.1 Å². The number of nitrogens with one attached hydrogen (secondary N) is 2. The first-order chi connectivity index (χ1) is 10.1. The van der Waals surface area contributed by atoms with Crippen LogP contribution in [0.2, 0.25) is 0 Å². The lowest BCUT2D eigenvalue weighted by atomic mass is 10.1. The van der Waals surface area contributed by atoms with E-state index in [4.69, 9.17) is 0 Å². The van der Waals surface area contributed by atoms with E-state index in [0.717, 1.165) is 22.3 Å². The third-order valence-electron chi connectivity index (χ3n) is 3.47. The lowest BCUT2D eigenvalue weighted by Crippen LogP contribution is -2.13. The van der Waals surface area contributed by atoms with Gasteiger partial charge in [-0.25, -0.2) is 0 Å². The average Bonchev–Trinajstić information content (AvgIpc) is 2.96. The maximum Gasteiger partial charge on any atom is 0.257 e. The Morgan fingerprint density at radius 2 is 1.81 bits per heavy atom. The number of para-hydroxylation sites is 1. The second-order valence-corrected chi connectivity index (χ2v) is 5.14. The predicted molar refractivity (Wildman–Crippen MR) is 87.0 cm³/mol. The van der Waals surface area contributed by atoms with Crippen LogP contribution < -0.4 is 10.2 Å². The molecule has 0 fully saturated rings. The van der Waals surface area contributed by atoms with Crippen LogP contribution in [0.4, 0.5) is 11.4 Å². The summed E-state index contributed by atoms with van der Waals surface area (Å²) in [6.07, 6.45) is 1.84. The van der Waals surface area contributed by atoms with Gasteiger partial charge in [0.05, 0.1) is 11.1 Å². The van der Waals surface area contributed by atoms with Gasteiger partial charge in [-0.15, -0.1) is 0 Å². The smallest absolute Gasteiger partial charge is 0.257 e. The molecule has 4 heteroatoms. The average molecular weight is 279 g/mol. The van der Waals surface area contributed by atoms with Gasteiger partial charge in [-0.2, -0.15) is 0 Å². The molecule has 0 atom stereocenters. The molecule has 0 aliphatic heterocycles. The van der Waals surface area contributed by atoms with Gasteiger partial charge in [0.25, 0.3) is 5.91 Å². The highest BCUT2D eigenvalue weighted by Crippen LogP contribution is 2.20. The van der Waals surface area contributed by atoms with E-state index in [1.807, 2.05) is 73.7 Å². The zero-order valence-corrected chi connectivity index (χ0v) is 12.1. The Morgan fingerprint density at radius 3 is 2.52 bits per heavy atom. The summed E-state index contributed by atoms with van der Waals surface area (Å²) in [5, 5.41) is 3.96. The van der Waals surface area contributed by atoms with Crippen molar-refractivity contribution in [3.8, 4) is 0 Å². The summed E-state index contributed by atoms with van der Waals surface area (Å²) in [5.41, 5.74) is 3.39. The predicted octanol–water partition coefficient (Wildman–Crippen LogP) is 3.49. The lowest BCUT2D eigenvalue weighted by molar-refractivity contribution is 0.102. The minimum atomic E-state index is -0.111. The lowest BCUT2D eigenvalue weighted by Gasteiger charge is -2.13. The summed E-state index contributed by atoms with van der Waals surface area (Å²) in [7, 11) is 3.97. The normalized spacial score (nSPS) is 10.6. The molecule has 0 saturated carbocycles. The number of carbonyl (C=O) groups excluding carboxylic acids is 1. The summed E-state index contributed by atoms with van der Waals surface area (Å²) in [5.74, 6) is -0.111. The quantitative estimate of drug-likeness (QED) is 0.771. The first kappa shape index (κ1) is 13.2.